The molecule has 1 aliphatic heterocycles. The lowest BCUT2D eigenvalue weighted by Gasteiger charge is -1.95. The Morgan fingerprint density at radius 2 is 2.18 bits per heavy atom. The lowest BCUT2D eigenvalue weighted by atomic mass is 10.2. The van der Waals surface area contributed by atoms with Crippen LogP contribution in [0.1, 0.15) is 13.3 Å². The van der Waals surface area contributed by atoms with E-state index < -0.39 is 0 Å². The second-order valence-corrected chi connectivity index (χ2v) is 2.62. The van der Waals surface area contributed by atoms with Crippen molar-refractivity contribution in [2.75, 3.05) is 0 Å². The highest BCUT2D eigenvalue weighted by molar-refractivity contribution is 5.40. The van der Waals surface area contributed by atoms with E-state index in [1.807, 2.05) is 25.2 Å². The third-order valence-electron chi connectivity index (χ3n) is 1.57. The van der Waals surface area contributed by atoms with Gasteiger partial charge in [-0.2, -0.15) is 0 Å². The van der Waals surface area contributed by atoms with E-state index in [0.717, 1.165) is 23.4 Å². The van der Waals surface area contributed by atoms with Crippen LogP contribution in [0.2, 0.25) is 0 Å². The summed E-state index contributed by atoms with van der Waals surface area (Å²) in [6, 6.07) is 0. The Labute approximate surface area is 67.8 Å². The predicted molar refractivity (Wildman–Crippen MR) is 48.9 cm³/mol. The highest BCUT2D eigenvalue weighted by Gasteiger charge is 2.11. The summed E-state index contributed by atoms with van der Waals surface area (Å²) in [5.74, 6) is 0. The van der Waals surface area contributed by atoms with E-state index in [2.05, 4.69) is 18.5 Å². The van der Waals surface area contributed by atoms with Crippen molar-refractivity contribution in [3.8, 4) is 0 Å². The van der Waals surface area contributed by atoms with E-state index in [0.29, 0.717) is 0 Å². The molecule has 1 aliphatic rings. The smallest absolute Gasteiger partial charge is 0.0412 e. The van der Waals surface area contributed by atoms with Gasteiger partial charge in [0.05, 0.1) is 0 Å². The van der Waals surface area contributed by atoms with Gasteiger partial charge in [0.15, 0.2) is 0 Å². The Hall–Kier alpha value is -1.24. The minimum Gasteiger partial charge on any atom is -0.359 e. The molecule has 1 N–H and O–H groups in total. The minimum atomic E-state index is 0.878. The molecule has 0 aromatic heterocycles. The molecule has 0 aliphatic carbocycles. The molecular formula is C10H13N. The summed E-state index contributed by atoms with van der Waals surface area (Å²) in [4.78, 5) is 0. The molecule has 0 spiro atoms. The predicted octanol–water partition coefficient (Wildman–Crippen LogP) is 2.51. The first kappa shape index (κ1) is 7.86. The van der Waals surface area contributed by atoms with Crippen LogP contribution < -0.4 is 5.32 Å². The van der Waals surface area contributed by atoms with Gasteiger partial charge in [0.25, 0.3) is 0 Å². The van der Waals surface area contributed by atoms with E-state index in [9.17, 15) is 0 Å². The Balaban J connectivity index is 2.74. The van der Waals surface area contributed by atoms with E-state index >= 15 is 0 Å². The lowest BCUT2D eigenvalue weighted by Crippen LogP contribution is -2.00. The first-order chi connectivity index (χ1) is 5.24. The average Bonchev–Trinajstić information content (AvgIpc) is 2.26. The summed E-state index contributed by atoms with van der Waals surface area (Å²) < 4.78 is 0. The number of nitrogens with one attached hydrogen (secondary N) is 1. The fourth-order valence-corrected chi connectivity index (χ4v) is 1.03. The summed E-state index contributed by atoms with van der Waals surface area (Å²) >= 11 is 0. The third-order valence-corrected chi connectivity index (χ3v) is 1.57. The summed E-state index contributed by atoms with van der Waals surface area (Å²) in [7, 11) is 0. The van der Waals surface area contributed by atoms with Crippen LogP contribution in [0.3, 0.4) is 0 Å². The van der Waals surface area contributed by atoms with Crippen molar-refractivity contribution in [1.82, 2.24) is 5.32 Å². The van der Waals surface area contributed by atoms with Crippen LogP contribution in [0.25, 0.3) is 0 Å². The van der Waals surface area contributed by atoms with Crippen LogP contribution in [-0.4, -0.2) is 0 Å². The molecule has 1 saturated heterocycles. The molecule has 0 radical (unpaired) electrons. The third kappa shape index (κ3) is 1.84. The molecule has 1 heterocycles. The zero-order valence-electron chi connectivity index (χ0n) is 6.85. The normalized spacial score (nSPS) is 21.7. The Morgan fingerprint density at radius 1 is 1.45 bits per heavy atom. The number of hydrogen-bond donors (Lipinski definition) is 1. The maximum absolute atomic E-state index is 3.91. The van der Waals surface area contributed by atoms with Gasteiger partial charge in [0.1, 0.15) is 0 Å². The largest absolute Gasteiger partial charge is 0.359 e. The molecule has 1 heteroatoms. The molecule has 1 nitrogen and oxygen atoms in total. The minimum absolute atomic E-state index is 0.878. The van der Waals surface area contributed by atoms with E-state index in [1.165, 1.54) is 0 Å². The van der Waals surface area contributed by atoms with Gasteiger partial charge in [-0.1, -0.05) is 25.3 Å². The number of allylic oxidation sites excluding steroid dienone is 5. The summed E-state index contributed by atoms with van der Waals surface area (Å²) in [5.41, 5.74) is 3.24. The van der Waals surface area contributed by atoms with Crippen molar-refractivity contribution in [2.24, 2.45) is 0 Å². The SMILES string of the molecule is C=C1CC(=C)/C(=C\C=C/C)N1. The molecule has 0 aromatic rings. The van der Waals surface area contributed by atoms with Gasteiger partial charge in [-0.25, -0.2) is 0 Å². The van der Waals surface area contributed by atoms with Crippen LogP contribution in [0.15, 0.2) is 48.4 Å². The van der Waals surface area contributed by atoms with E-state index in [1.54, 1.807) is 0 Å². The van der Waals surface area contributed by atoms with Gasteiger partial charge < -0.3 is 5.32 Å². The highest BCUT2D eigenvalue weighted by atomic mass is 14.9. The molecule has 1 rings (SSSR count). The molecular weight excluding hydrogens is 134 g/mol. The van der Waals surface area contributed by atoms with Crippen LogP contribution in [-0.2, 0) is 0 Å². The van der Waals surface area contributed by atoms with E-state index in [4.69, 9.17) is 0 Å². The van der Waals surface area contributed by atoms with Crippen molar-refractivity contribution >= 4 is 0 Å². The van der Waals surface area contributed by atoms with Gasteiger partial charge in [0, 0.05) is 17.8 Å². The van der Waals surface area contributed by atoms with Crippen molar-refractivity contribution in [3.63, 3.8) is 0 Å². The van der Waals surface area contributed by atoms with Gasteiger partial charge >= 0.3 is 0 Å². The quantitative estimate of drug-likeness (QED) is 0.601. The van der Waals surface area contributed by atoms with Gasteiger partial charge in [-0.15, -0.1) is 0 Å². The van der Waals surface area contributed by atoms with Gasteiger partial charge in [0.2, 0.25) is 0 Å². The zero-order chi connectivity index (χ0) is 8.27. The van der Waals surface area contributed by atoms with Crippen LogP contribution in [0, 0.1) is 0 Å². The van der Waals surface area contributed by atoms with Crippen LogP contribution in [0.4, 0.5) is 0 Å². The summed E-state index contributed by atoms with van der Waals surface area (Å²) in [6.45, 7) is 9.73. The standard InChI is InChI=1S/C10H13N/c1-4-5-6-10-8(2)7-9(3)11-10/h4-6,11H,2-3,7H2,1H3/b5-4-,10-6+. The maximum atomic E-state index is 3.91. The fourth-order valence-electron chi connectivity index (χ4n) is 1.03. The van der Waals surface area contributed by atoms with Crippen molar-refractivity contribution < 1.29 is 0 Å². The number of hydrogen-bond acceptors (Lipinski definition) is 1. The topological polar surface area (TPSA) is 12.0 Å². The lowest BCUT2D eigenvalue weighted by molar-refractivity contribution is 1.07. The molecule has 58 valence electrons. The Bertz CT molecular complexity index is 244. The average molecular weight is 147 g/mol. The second kappa shape index (κ2) is 3.24. The molecule has 0 aromatic carbocycles. The van der Waals surface area contributed by atoms with Crippen molar-refractivity contribution in [3.05, 3.63) is 48.4 Å². The molecule has 11 heavy (non-hydrogen) atoms. The van der Waals surface area contributed by atoms with Gasteiger partial charge in [-0.3, -0.25) is 0 Å². The second-order valence-electron chi connectivity index (χ2n) is 2.62. The first-order valence-electron chi connectivity index (χ1n) is 3.70. The van der Waals surface area contributed by atoms with Crippen molar-refractivity contribution in [1.29, 1.82) is 0 Å². The molecule has 0 atom stereocenters. The molecule has 0 unspecified atom stereocenters. The monoisotopic (exact) mass is 147 g/mol. The molecule has 0 amide bonds. The Morgan fingerprint density at radius 3 is 2.64 bits per heavy atom. The summed E-state index contributed by atoms with van der Waals surface area (Å²) in [6.07, 6.45) is 6.87. The van der Waals surface area contributed by atoms with Crippen LogP contribution in [0.5, 0.6) is 0 Å². The van der Waals surface area contributed by atoms with Crippen LogP contribution >= 0.6 is 0 Å². The number of rotatable bonds is 1. The highest BCUT2D eigenvalue weighted by Crippen LogP contribution is 2.21. The first-order valence-corrected chi connectivity index (χ1v) is 3.70. The molecule has 1 fully saturated rings. The zero-order valence-corrected chi connectivity index (χ0v) is 6.85. The van der Waals surface area contributed by atoms with Gasteiger partial charge in [-0.05, 0) is 18.6 Å². The fraction of sp³-hybridized carbons (Fsp3) is 0.200. The van der Waals surface area contributed by atoms with Crippen molar-refractivity contribution in [2.45, 2.75) is 13.3 Å². The maximum Gasteiger partial charge on any atom is 0.0412 e. The van der Waals surface area contributed by atoms with E-state index in [-0.39, 0.29) is 0 Å². The molecule has 0 bridgehead atoms. The summed E-state index contributed by atoms with van der Waals surface area (Å²) in [5, 5.41) is 3.15. The Kier molecular flexibility index (Phi) is 2.32. The molecule has 0 saturated carbocycles.